The van der Waals surface area contributed by atoms with Gasteiger partial charge in [0.05, 0.1) is 11.5 Å². The second-order valence-electron chi connectivity index (χ2n) is 5.55. The molecule has 112 valence electrons. The smallest absolute Gasteiger partial charge is 0.240 e. The van der Waals surface area contributed by atoms with Crippen molar-refractivity contribution in [2.45, 2.75) is 44.2 Å². The van der Waals surface area contributed by atoms with Crippen LogP contribution < -0.4 is 4.72 Å². The molecule has 0 aromatic heterocycles. The SMILES string of the molecule is CC1CCC(NS(=O)(=O)c2ccc(F)c(CO)c2)C1C. The molecular weight excluding hydrogens is 281 g/mol. The van der Waals surface area contributed by atoms with Crippen molar-refractivity contribution in [3.05, 3.63) is 29.6 Å². The third-order valence-corrected chi connectivity index (χ3v) is 5.76. The van der Waals surface area contributed by atoms with E-state index in [4.69, 9.17) is 5.11 Å². The van der Waals surface area contributed by atoms with Crippen molar-refractivity contribution in [1.29, 1.82) is 0 Å². The third-order valence-electron chi connectivity index (χ3n) is 4.27. The van der Waals surface area contributed by atoms with Gasteiger partial charge in [0.15, 0.2) is 0 Å². The summed E-state index contributed by atoms with van der Waals surface area (Å²) in [5, 5.41) is 9.01. The van der Waals surface area contributed by atoms with Crippen molar-refractivity contribution in [2.24, 2.45) is 11.8 Å². The molecule has 0 spiro atoms. The lowest BCUT2D eigenvalue weighted by atomic mass is 9.98. The Balaban J connectivity index is 2.22. The number of benzene rings is 1. The van der Waals surface area contributed by atoms with Crippen LogP contribution in [-0.4, -0.2) is 19.6 Å². The first-order chi connectivity index (χ1) is 9.35. The number of hydrogen-bond acceptors (Lipinski definition) is 3. The third kappa shape index (κ3) is 3.02. The van der Waals surface area contributed by atoms with E-state index in [9.17, 15) is 12.8 Å². The predicted molar refractivity (Wildman–Crippen MR) is 74.0 cm³/mol. The van der Waals surface area contributed by atoms with Crippen LogP contribution in [0.4, 0.5) is 4.39 Å². The van der Waals surface area contributed by atoms with E-state index in [1.807, 2.05) is 6.92 Å². The first-order valence-electron chi connectivity index (χ1n) is 6.76. The Labute approximate surface area is 119 Å². The van der Waals surface area contributed by atoms with Gasteiger partial charge in [-0.1, -0.05) is 13.8 Å². The maximum absolute atomic E-state index is 13.3. The summed E-state index contributed by atoms with van der Waals surface area (Å²) in [6.45, 7) is 3.63. The molecule has 6 heteroatoms. The van der Waals surface area contributed by atoms with Crippen LogP contribution in [0.5, 0.6) is 0 Å². The molecule has 1 aromatic rings. The Hall–Kier alpha value is -0.980. The van der Waals surface area contributed by atoms with Crippen LogP contribution in [0.2, 0.25) is 0 Å². The summed E-state index contributed by atoms with van der Waals surface area (Å²) in [5.74, 6) is 0.167. The van der Waals surface area contributed by atoms with E-state index in [0.717, 1.165) is 18.9 Å². The highest BCUT2D eigenvalue weighted by Gasteiger charge is 2.33. The molecule has 1 aliphatic carbocycles. The highest BCUT2D eigenvalue weighted by Crippen LogP contribution is 2.32. The van der Waals surface area contributed by atoms with Crippen molar-refractivity contribution in [3.63, 3.8) is 0 Å². The highest BCUT2D eigenvalue weighted by atomic mass is 32.2. The van der Waals surface area contributed by atoms with E-state index >= 15 is 0 Å². The minimum atomic E-state index is -3.68. The molecule has 1 fully saturated rings. The number of aliphatic hydroxyl groups is 1. The molecule has 2 rings (SSSR count). The number of aliphatic hydroxyl groups excluding tert-OH is 1. The normalized spacial score (nSPS) is 26.9. The second kappa shape index (κ2) is 5.79. The molecule has 1 aromatic carbocycles. The van der Waals surface area contributed by atoms with Gasteiger partial charge in [0.1, 0.15) is 5.82 Å². The van der Waals surface area contributed by atoms with Crippen molar-refractivity contribution < 1.29 is 17.9 Å². The van der Waals surface area contributed by atoms with Gasteiger partial charge in [-0.15, -0.1) is 0 Å². The highest BCUT2D eigenvalue weighted by molar-refractivity contribution is 7.89. The Morgan fingerprint density at radius 3 is 2.60 bits per heavy atom. The summed E-state index contributed by atoms with van der Waals surface area (Å²) >= 11 is 0. The number of halogens is 1. The zero-order valence-electron chi connectivity index (χ0n) is 11.6. The van der Waals surface area contributed by atoms with Gasteiger partial charge < -0.3 is 5.11 Å². The summed E-state index contributed by atoms with van der Waals surface area (Å²) in [7, 11) is -3.68. The van der Waals surface area contributed by atoms with Crippen LogP contribution in [0.25, 0.3) is 0 Å². The van der Waals surface area contributed by atoms with Crippen molar-refractivity contribution in [3.8, 4) is 0 Å². The molecule has 0 aliphatic heterocycles. The molecule has 0 radical (unpaired) electrons. The summed E-state index contributed by atoms with van der Waals surface area (Å²) in [5.41, 5.74) is -0.0132. The van der Waals surface area contributed by atoms with Gasteiger partial charge in [-0.3, -0.25) is 0 Å². The van der Waals surface area contributed by atoms with Gasteiger partial charge in [-0.25, -0.2) is 17.5 Å². The Bertz CT molecular complexity index is 588. The number of rotatable bonds is 4. The molecule has 0 bridgehead atoms. The van der Waals surface area contributed by atoms with E-state index < -0.39 is 22.4 Å². The molecule has 1 aliphatic rings. The van der Waals surface area contributed by atoms with Gasteiger partial charge in [-0.05, 0) is 42.9 Å². The number of sulfonamides is 1. The van der Waals surface area contributed by atoms with Crippen molar-refractivity contribution >= 4 is 10.0 Å². The predicted octanol–water partition coefficient (Wildman–Crippen LogP) is 2.03. The molecule has 20 heavy (non-hydrogen) atoms. The number of nitrogens with one attached hydrogen (secondary N) is 1. The number of hydrogen-bond donors (Lipinski definition) is 2. The van der Waals surface area contributed by atoms with Gasteiger partial charge >= 0.3 is 0 Å². The molecule has 3 unspecified atom stereocenters. The zero-order valence-corrected chi connectivity index (χ0v) is 12.5. The molecule has 0 amide bonds. The van der Waals surface area contributed by atoms with E-state index in [0.29, 0.717) is 5.92 Å². The van der Waals surface area contributed by atoms with Gasteiger partial charge in [0.2, 0.25) is 10.0 Å². The summed E-state index contributed by atoms with van der Waals surface area (Å²) in [6.07, 6.45) is 1.81. The van der Waals surface area contributed by atoms with Crippen molar-refractivity contribution in [1.82, 2.24) is 4.72 Å². The quantitative estimate of drug-likeness (QED) is 0.894. The average molecular weight is 301 g/mol. The van der Waals surface area contributed by atoms with Crippen LogP contribution in [0.1, 0.15) is 32.3 Å². The minimum Gasteiger partial charge on any atom is -0.392 e. The van der Waals surface area contributed by atoms with Gasteiger partial charge in [-0.2, -0.15) is 0 Å². The lowest BCUT2D eigenvalue weighted by Crippen LogP contribution is -2.37. The molecule has 4 nitrogen and oxygen atoms in total. The molecule has 0 saturated heterocycles. The fourth-order valence-corrected chi connectivity index (χ4v) is 4.05. The molecule has 2 N–H and O–H groups in total. The van der Waals surface area contributed by atoms with Crippen LogP contribution in [0, 0.1) is 17.7 Å². The van der Waals surface area contributed by atoms with Crippen LogP contribution >= 0.6 is 0 Å². The fourth-order valence-electron chi connectivity index (χ4n) is 2.64. The molecule has 0 heterocycles. The van der Waals surface area contributed by atoms with Crippen LogP contribution in [-0.2, 0) is 16.6 Å². The maximum Gasteiger partial charge on any atom is 0.240 e. The first-order valence-corrected chi connectivity index (χ1v) is 8.25. The van der Waals surface area contributed by atoms with E-state index in [1.54, 1.807) is 0 Å². The van der Waals surface area contributed by atoms with Crippen LogP contribution in [0.3, 0.4) is 0 Å². The lowest BCUT2D eigenvalue weighted by Gasteiger charge is -2.19. The summed E-state index contributed by atoms with van der Waals surface area (Å²) in [6, 6.07) is 3.39. The Morgan fingerprint density at radius 1 is 1.35 bits per heavy atom. The van der Waals surface area contributed by atoms with Crippen LogP contribution in [0.15, 0.2) is 23.1 Å². The summed E-state index contributed by atoms with van der Waals surface area (Å²) in [4.78, 5) is -0.00490. The minimum absolute atomic E-state index is 0.00490. The zero-order chi connectivity index (χ0) is 14.9. The van der Waals surface area contributed by atoms with E-state index in [-0.39, 0.29) is 22.4 Å². The standard InChI is InChI=1S/C14H20FNO3S/c1-9-3-6-14(10(9)2)16-20(18,19)12-4-5-13(15)11(7-12)8-17/h4-5,7,9-10,14,16-17H,3,6,8H2,1-2H3. The van der Waals surface area contributed by atoms with Gasteiger partial charge in [0.25, 0.3) is 0 Å². The first kappa shape index (κ1) is 15.4. The molecular formula is C14H20FNO3S. The Kier molecular flexibility index (Phi) is 4.46. The van der Waals surface area contributed by atoms with E-state index in [2.05, 4.69) is 11.6 Å². The largest absolute Gasteiger partial charge is 0.392 e. The monoisotopic (exact) mass is 301 g/mol. The maximum atomic E-state index is 13.3. The summed E-state index contributed by atoms with van der Waals surface area (Å²) < 4.78 is 40.6. The van der Waals surface area contributed by atoms with E-state index in [1.165, 1.54) is 12.1 Å². The van der Waals surface area contributed by atoms with Gasteiger partial charge in [0, 0.05) is 11.6 Å². The second-order valence-corrected chi connectivity index (χ2v) is 7.27. The topological polar surface area (TPSA) is 66.4 Å². The lowest BCUT2D eigenvalue weighted by molar-refractivity contribution is 0.275. The Morgan fingerprint density at radius 2 is 2.05 bits per heavy atom. The molecule has 1 saturated carbocycles. The fraction of sp³-hybridized carbons (Fsp3) is 0.571. The molecule has 3 atom stereocenters. The average Bonchev–Trinajstić information content (AvgIpc) is 2.70. The van der Waals surface area contributed by atoms with Crippen molar-refractivity contribution in [2.75, 3.05) is 0 Å².